The smallest absolute Gasteiger partial charge is 0.348 e. The number of sulfonamides is 1. The summed E-state index contributed by atoms with van der Waals surface area (Å²) in [5.41, 5.74) is 1.46. The van der Waals surface area contributed by atoms with Gasteiger partial charge in [-0.05, 0) is 48.9 Å². The van der Waals surface area contributed by atoms with Gasteiger partial charge in [0.05, 0.1) is 32.1 Å². The van der Waals surface area contributed by atoms with E-state index in [-0.39, 0.29) is 17.2 Å². The zero-order valence-corrected chi connectivity index (χ0v) is 20.9. The van der Waals surface area contributed by atoms with Crippen LogP contribution in [0.1, 0.15) is 5.56 Å². The van der Waals surface area contributed by atoms with E-state index in [0.29, 0.717) is 17.1 Å². The molecule has 36 heavy (non-hydrogen) atoms. The Balaban J connectivity index is 1.76. The van der Waals surface area contributed by atoms with Crippen molar-refractivity contribution in [3.63, 3.8) is 0 Å². The van der Waals surface area contributed by atoms with Gasteiger partial charge < -0.3 is 19.1 Å². The molecule has 0 aliphatic carbocycles. The number of nitrogens with zero attached hydrogens (tertiary/aromatic N) is 2. The lowest BCUT2D eigenvalue weighted by Gasteiger charge is -2.35. The molecular weight excluding hydrogens is 484 g/mol. The predicted molar refractivity (Wildman–Crippen MR) is 134 cm³/mol. The third-order valence-corrected chi connectivity index (χ3v) is 7.54. The van der Waals surface area contributed by atoms with Crippen molar-refractivity contribution in [2.24, 2.45) is 0 Å². The zero-order valence-electron chi connectivity index (χ0n) is 20.1. The van der Waals surface area contributed by atoms with Crippen LogP contribution in [0, 0.1) is 6.92 Å². The molecule has 0 fully saturated rings. The molecule has 0 bridgehead atoms. The lowest BCUT2D eigenvalue weighted by atomic mass is 10.2. The van der Waals surface area contributed by atoms with E-state index in [2.05, 4.69) is 0 Å². The summed E-state index contributed by atoms with van der Waals surface area (Å²) in [4.78, 5) is 27.2. The molecule has 3 aromatic rings. The number of hydrogen-bond donors (Lipinski definition) is 0. The molecule has 10 heteroatoms. The number of amides is 1. The molecule has 0 saturated heterocycles. The highest BCUT2D eigenvalue weighted by molar-refractivity contribution is 7.93. The molecule has 188 valence electrons. The van der Waals surface area contributed by atoms with Gasteiger partial charge in [0.2, 0.25) is 12.0 Å². The Labute approximate surface area is 209 Å². The van der Waals surface area contributed by atoms with E-state index in [1.165, 1.54) is 25.2 Å². The number of ether oxygens (including phenoxy) is 3. The fourth-order valence-corrected chi connectivity index (χ4v) is 5.60. The Hall–Kier alpha value is -4.05. The van der Waals surface area contributed by atoms with Gasteiger partial charge in [0.25, 0.3) is 10.0 Å². The number of methoxy groups -OCH3 is 2. The minimum Gasteiger partial charge on any atom is -0.495 e. The van der Waals surface area contributed by atoms with Crippen molar-refractivity contribution < 1.29 is 32.2 Å². The molecule has 1 atom stereocenters. The van der Waals surface area contributed by atoms with Gasteiger partial charge in [-0.1, -0.05) is 36.4 Å². The number of anilines is 2. The first kappa shape index (κ1) is 25.1. The highest BCUT2D eigenvalue weighted by Gasteiger charge is 2.37. The second kappa shape index (κ2) is 10.3. The number of carbonyl (C=O) groups is 2. The van der Waals surface area contributed by atoms with Crippen LogP contribution in [0.4, 0.5) is 11.4 Å². The van der Waals surface area contributed by atoms with E-state index in [9.17, 15) is 18.0 Å². The average Bonchev–Trinajstić information content (AvgIpc) is 2.90. The number of para-hydroxylation sites is 3. The van der Waals surface area contributed by atoms with Gasteiger partial charge in [0.1, 0.15) is 22.9 Å². The number of benzene rings is 3. The van der Waals surface area contributed by atoms with Crippen LogP contribution in [0.2, 0.25) is 0 Å². The van der Waals surface area contributed by atoms with Crippen LogP contribution in [-0.2, 0) is 24.3 Å². The van der Waals surface area contributed by atoms with E-state index in [1.807, 2.05) is 0 Å². The summed E-state index contributed by atoms with van der Waals surface area (Å²) in [6.07, 6.45) is -1.05. The van der Waals surface area contributed by atoms with Gasteiger partial charge >= 0.3 is 5.97 Å². The minimum absolute atomic E-state index is 0.0588. The number of esters is 1. The van der Waals surface area contributed by atoms with Crippen LogP contribution in [-0.4, -0.2) is 53.7 Å². The first-order valence-corrected chi connectivity index (χ1v) is 12.6. The Morgan fingerprint density at radius 3 is 2.42 bits per heavy atom. The lowest BCUT2D eigenvalue weighted by molar-refractivity contribution is -0.148. The Kier molecular flexibility index (Phi) is 7.16. The molecule has 9 nitrogen and oxygen atoms in total. The SMILES string of the molecule is COC(=O)[C@H]1CN(C(=O)CN(c2ccccc2)S(=O)(=O)c2cc(C)ccc2OC)c2ccccc2O1. The maximum atomic E-state index is 13.9. The number of carbonyl (C=O) groups excluding carboxylic acids is 2. The summed E-state index contributed by atoms with van der Waals surface area (Å²) in [7, 11) is -1.61. The monoisotopic (exact) mass is 510 g/mol. The number of fused-ring (bicyclic) bond motifs is 1. The molecule has 1 aliphatic heterocycles. The molecule has 0 saturated carbocycles. The average molecular weight is 511 g/mol. The first-order valence-electron chi connectivity index (χ1n) is 11.1. The van der Waals surface area contributed by atoms with E-state index >= 15 is 0 Å². The number of rotatable bonds is 7. The van der Waals surface area contributed by atoms with Crippen LogP contribution in [0.15, 0.2) is 77.7 Å². The molecule has 1 amide bonds. The van der Waals surface area contributed by atoms with Crippen molar-refractivity contribution in [3.8, 4) is 11.5 Å². The summed E-state index contributed by atoms with van der Waals surface area (Å²) >= 11 is 0. The lowest BCUT2D eigenvalue weighted by Crippen LogP contribution is -2.51. The molecule has 0 N–H and O–H groups in total. The van der Waals surface area contributed by atoms with Crippen molar-refractivity contribution in [1.82, 2.24) is 0 Å². The minimum atomic E-state index is -4.23. The van der Waals surface area contributed by atoms with E-state index in [1.54, 1.807) is 73.7 Å². The standard InChI is InChI=1S/C26H26N2O7S/c1-18-13-14-22(33-2)24(15-18)36(31,32)28(19-9-5-4-6-10-19)17-25(29)27-16-23(26(30)34-3)35-21-12-8-7-11-20(21)27/h4-15,23H,16-17H2,1-3H3/t23-/m1/s1. The van der Waals surface area contributed by atoms with Gasteiger partial charge in [-0.25, -0.2) is 13.2 Å². The van der Waals surface area contributed by atoms with E-state index in [0.717, 1.165) is 9.87 Å². The highest BCUT2D eigenvalue weighted by atomic mass is 32.2. The maximum Gasteiger partial charge on any atom is 0.348 e. The van der Waals surface area contributed by atoms with Gasteiger partial charge in [0, 0.05) is 0 Å². The van der Waals surface area contributed by atoms with Crippen molar-refractivity contribution in [2.75, 3.05) is 36.5 Å². The van der Waals surface area contributed by atoms with E-state index < -0.39 is 34.5 Å². The van der Waals surface area contributed by atoms with Crippen LogP contribution in [0.25, 0.3) is 0 Å². The predicted octanol–water partition coefficient (Wildman–Crippen LogP) is 3.17. The second-order valence-corrected chi connectivity index (χ2v) is 9.93. The topological polar surface area (TPSA) is 102 Å². The van der Waals surface area contributed by atoms with Crippen molar-refractivity contribution in [3.05, 3.63) is 78.4 Å². The molecule has 1 heterocycles. The normalized spacial score (nSPS) is 14.9. The van der Waals surface area contributed by atoms with Gasteiger partial charge in [-0.3, -0.25) is 9.10 Å². The molecule has 0 unspecified atom stereocenters. The van der Waals surface area contributed by atoms with Crippen molar-refractivity contribution in [1.29, 1.82) is 0 Å². The molecule has 0 aromatic heterocycles. The second-order valence-electron chi connectivity index (χ2n) is 8.10. The third kappa shape index (κ3) is 4.85. The third-order valence-electron chi connectivity index (χ3n) is 5.75. The van der Waals surface area contributed by atoms with Gasteiger partial charge in [-0.2, -0.15) is 0 Å². The van der Waals surface area contributed by atoms with Gasteiger partial charge in [-0.15, -0.1) is 0 Å². The van der Waals surface area contributed by atoms with Crippen LogP contribution in [0.3, 0.4) is 0 Å². The highest BCUT2D eigenvalue weighted by Crippen LogP contribution is 2.35. The van der Waals surface area contributed by atoms with Crippen LogP contribution < -0.4 is 18.7 Å². The van der Waals surface area contributed by atoms with Crippen molar-refractivity contribution >= 4 is 33.3 Å². The molecular formula is C26H26N2O7S. The van der Waals surface area contributed by atoms with Crippen molar-refractivity contribution in [2.45, 2.75) is 17.9 Å². The molecule has 0 spiro atoms. The van der Waals surface area contributed by atoms with Crippen LogP contribution in [0.5, 0.6) is 11.5 Å². The van der Waals surface area contributed by atoms with Crippen LogP contribution >= 0.6 is 0 Å². The Bertz CT molecular complexity index is 1380. The van der Waals surface area contributed by atoms with E-state index in [4.69, 9.17) is 14.2 Å². The van der Waals surface area contributed by atoms with Gasteiger partial charge in [0.15, 0.2) is 0 Å². The quantitative estimate of drug-likeness (QED) is 0.450. The summed E-state index contributed by atoms with van der Waals surface area (Å²) in [6, 6.07) is 19.9. The number of hydrogen-bond acceptors (Lipinski definition) is 7. The Morgan fingerprint density at radius 1 is 1.03 bits per heavy atom. The molecule has 1 aliphatic rings. The largest absolute Gasteiger partial charge is 0.495 e. The maximum absolute atomic E-state index is 13.9. The fourth-order valence-electron chi connectivity index (χ4n) is 3.95. The molecule has 4 rings (SSSR count). The summed E-state index contributed by atoms with van der Waals surface area (Å²) < 4.78 is 44.7. The summed E-state index contributed by atoms with van der Waals surface area (Å²) in [5, 5.41) is 0. The number of aryl methyl sites for hydroxylation is 1. The summed E-state index contributed by atoms with van der Waals surface area (Å²) in [6.45, 7) is 1.12. The zero-order chi connectivity index (χ0) is 25.9. The Morgan fingerprint density at radius 2 is 1.72 bits per heavy atom. The summed E-state index contributed by atoms with van der Waals surface area (Å²) in [5.74, 6) is -0.698. The fraction of sp³-hybridized carbons (Fsp3) is 0.231. The molecule has 3 aromatic carbocycles. The molecule has 0 radical (unpaired) electrons. The first-order chi connectivity index (χ1) is 17.3.